The lowest BCUT2D eigenvalue weighted by molar-refractivity contribution is 0.0597. The van der Waals surface area contributed by atoms with Crippen molar-refractivity contribution in [3.8, 4) is 16.9 Å². The number of hydrogen-bond donors (Lipinski definition) is 2. The lowest BCUT2D eigenvalue weighted by Crippen LogP contribution is -2.22. The third kappa shape index (κ3) is 4.41. The highest BCUT2D eigenvalue weighted by molar-refractivity contribution is 6.14. The Hall–Kier alpha value is -3.53. The van der Waals surface area contributed by atoms with Crippen LogP contribution in [0.15, 0.2) is 60.7 Å². The van der Waals surface area contributed by atoms with Gasteiger partial charge in [-0.2, -0.15) is 0 Å². The summed E-state index contributed by atoms with van der Waals surface area (Å²) in [5, 5.41) is 19.4. The number of fused-ring (bicyclic) bond motifs is 2. The third-order valence-electron chi connectivity index (χ3n) is 7.53. The fourth-order valence-corrected chi connectivity index (χ4v) is 5.51. The third-order valence-corrected chi connectivity index (χ3v) is 7.53. The van der Waals surface area contributed by atoms with Gasteiger partial charge in [-0.05, 0) is 57.5 Å². The zero-order chi connectivity index (χ0) is 25.4. The second-order valence-electron chi connectivity index (χ2n) is 11.0. The van der Waals surface area contributed by atoms with Crippen molar-refractivity contribution in [2.45, 2.75) is 64.3 Å². The molecule has 4 nitrogen and oxygen atoms in total. The lowest BCUT2D eigenvalue weighted by atomic mass is 9.83. The minimum Gasteiger partial charge on any atom is -0.506 e. The van der Waals surface area contributed by atoms with E-state index in [1.165, 1.54) is 31.9 Å². The van der Waals surface area contributed by atoms with Crippen LogP contribution in [0.25, 0.3) is 32.7 Å². The molecule has 4 aromatic carbocycles. The molecule has 0 atom stereocenters. The molecule has 0 bridgehead atoms. The van der Waals surface area contributed by atoms with Crippen LogP contribution in [0.4, 0.5) is 5.69 Å². The number of benzene rings is 4. The van der Waals surface area contributed by atoms with Crippen LogP contribution in [-0.4, -0.2) is 24.2 Å². The molecule has 0 aromatic heterocycles. The second kappa shape index (κ2) is 9.50. The van der Waals surface area contributed by atoms with E-state index in [4.69, 9.17) is 4.74 Å². The van der Waals surface area contributed by atoms with Gasteiger partial charge in [0.1, 0.15) is 11.3 Å². The van der Waals surface area contributed by atoms with Crippen LogP contribution in [0.5, 0.6) is 5.75 Å². The van der Waals surface area contributed by atoms with Gasteiger partial charge in [-0.1, -0.05) is 88.6 Å². The molecule has 36 heavy (non-hydrogen) atoms. The highest BCUT2D eigenvalue weighted by atomic mass is 16.5. The van der Waals surface area contributed by atoms with Gasteiger partial charge in [-0.15, -0.1) is 0 Å². The molecule has 0 aliphatic heterocycles. The average Bonchev–Trinajstić information content (AvgIpc) is 2.88. The maximum absolute atomic E-state index is 12.8. The highest BCUT2D eigenvalue weighted by Crippen LogP contribution is 2.47. The number of esters is 1. The van der Waals surface area contributed by atoms with Crippen LogP contribution in [0.1, 0.15) is 68.8 Å². The maximum Gasteiger partial charge on any atom is 0.341 e. The summed E-state index contributed by atoms with van der Waals surface area (Å²) in [6.45, 7) is 6.52. The monoisotopic (exact) mass is 481 g/mol. The van der Waals surface area contributed by atoms with Gasteiger partial charge in [0.2, 0.25) is 0 Å². The first kappa shape index (κ1) is 24.2. The zero-order valence-corrected chi connectivity index (χ0v) is 21.7. The largest absolute Gasteiger partial charge is 0.506 e. The van der Waals surface area contributed by atoms with Crippen LogP contribution < -0.4 is 5.32 Å². The van der Waals surface area contributed by atoms with E-state index >= 15 is 0 Å². The van der Waals surface area contributed by atoms with Gasteiger partial charge < -0.3 is 15.2 Å². The van der Waals surface area contributed by atoms with E-state index in [0.29, 0.717) is 11.6 Å². The molecule has 0 spiro atoms. The number of nitrogens with one attached hydrogen (secondary N) is 1. The number of anilines is 1. The molecule has 1 fully saturated rings. The number of phenolic OH excluding ortho intramolecular Hbond substituents is 1. The normalized spacial score (nSPS) is 14.8. The summed E-state index contributed by atoms with van der Waals surface area (Å²) in [7, 11) is 1.35. The predicted octanol–water partition coefficient (Wildman–Crippen LogP) is 8.19. The molecule has 186 valence electrons. The summed E-state index contributed by atoms with van der Waals surface area (Å²) in [5.41, 5.74) is 3.88. The quantitative estimate of drug-likeness (QED) is 0.288. The number of methoxy groups -OCH3 is 1. The van der Waals surface area contributed by atoms with E-state index in [-0.39, 0.29) is 16.7 Å². The van der Waals surface area contributed by atoms with Crippen molar-refractivity contribution < 1.29 is 14.6 Å². The van der Waals surface area contributed by atoms with Gasteiger partial charge in [0.25, 0.3) is 0 Å². The van der Waals surface area contributed by atoms with E-state index < -0.39 is 5.97 Å². The van der Waals surface area contributed by atoms with Crippen LogP contribution in [0.3, 0.4) is 0 Å². The summed E-state index contributed by atoms with van der Waals surface area (Å²) >= 11 is 0. The van der Waals surface area contributed by atoms with Crippen LogP contribution >= 0.6 is 0 Å². The lowest BCUT2D eigenvalue weighted by Gasteiger charge is -2.27. The van der Waals surface area contributed by atoms with E-state index in [0.717, 1.165) is 45.6 Å². The minimum absolute atomic E-state index is 0.0408. The molecule has 1 saturated carbocycles. The second-order valence-corrected chi connectivity index (χ2v) is 11.0. The Bertz CT molecular complexity index is 1440. The van der Waals surface area contributed by atoms with Crippen molar-refractivity contribution >= 4 is 33.2 Å². The van der Waals surface area contributed by atoms with E-state index in [1.54, 1.807) is 6.07 Å². The summed E-state index contributed by atoms with van der Waals surface area (Å²) in [5.74, 6) is -0.584. The summed E-state index contributed by atoms with van der Waals surface area (Å²) < 4.78 is 5.08. The molecule has 4 aromatic rings. The molecule has 0 saturated heterocycles. The van der Waals surface area contributed by atoms with Gasteiger partial charge in [0.15, 0.2) is 0 Å². The van der Waals surface area contributed by atoms with Gasteiger partial charge >= 0.3 is 5.97 Å². The van der Waals surface area contributed by atoms with E-state index in [2.05, 4.69) is 68.6 Å². The SMILES string of the molecule is COC(=O)c1cc2cc(C(C)(C)C)ccc2c(-c2c(NC3CCCCC3)ccc3ccccc23)c1O. The molecule has 0 amide bonds. The van der Waals surface area contributed by atoms with Crippen LogP contribution in [-0.2, 0) is 10.2 Å². The summed E-state index contributed by atoms with van der Waals surface area (Å²) in [6.07, 6.45) is 6.00. The first-order valence-electron chi connectivity index (χ1n) is 12.9. The minimum atomic E-state index is -0.543. The first-order chi connectivity index (χ1) is 17.3. The molecule has 0 unspecified atom stereocenters. The predicted molar refractivity (Wildman–Crippen MR) is 149 cm³/mol. The highest BCUT2D eigenvalue weighted by Gasteiger charge is 2.25. The smallest absolute Gasteiger partial charge is 0.341 e. The first-order valence-corrected chi connectivity index (χ1v) is 12.9. The van der Waals surface area contributed by atoms with E-state index in [1.807, 2.05) is 12.1 Å². The molecular weight excluding hydrogens is 446 g/mol. The van der Waals surface area contributed by atoms with Crippen molar-refractivity contribution in [3.05, 3.63) is 71.8 Å². The molecule has 5 rings (SSSR count). The molecule has 1 aliphatic rings. The van der Waals surface area contributed by atoms with Gasteiger partial charge in [-0.3, -0.25) is 0 Å². The Labute approximate surface area is 213 Å². The fourth-order valence-electron chi connectivity index (χ4n) is 5.51. The Morgan fingerprint density at radius 1 is 0.889 bits per heavy atom. The number of carbonyl (C=O) groups is 1. The van der Waals surface area contributed by atoms with Gasteiger partial charge in [0, 0.05) is 22.9 Å². The van der Waals surface area contributed by atoms with E-state index in [9.17, 15) is 9.90 Å². The standard InChI is InChI=1S/C32H35NO3/c1-32(2,3)22-15-16-25-21(18-22)19-26(31(35)36-4)30(34)29(25)28-24-13-9-8-10-20(24)14-17-27(28)33-23-11-6-5-7-12-23/h8-10,13-19,23,33-34H,5-7,11-12H2,1-4H3. The average molecular weight is 482 g/mol. The van der Waals surface area contributed by atoms with Crippen molar-refractivity contribution in [1.82, 2.24) is 0 Å². The molecule has 0 radical (unpaired) electrons. The Kier molecular flexibility index (Phi) is 6.38. The van der Waals surface area contributed by atoms with Crippen molar-refractivity contribution in [3.63, 3.8) is 0 Å². The molecule has 4 heteroatoms. The summed E-state index contributed by atoms with van der Waals surface area (Å²) in [6, 6.07) is 21.0. The molecule has 0 heterocycles. The number of aromatic hydroxyl groups is 1. The number of rotatable bonds is 4. The Balaban J connectivity index is 1.84. The van der Waals surface area contributed by atoms with Crippen molar-refractivity contribution in [2.24, 2.45) is 0 Å². The van der Waals surface area contributed by atoms with Crippen LogP contribution in [0, 0.1) is 0 Å². The Morgan fingerprint density at radius 3 is 2.33 bits per heavy atom. The van der Waals surface area contributed by atoms with Crippen molar-refractivity contribution in [2.75, 3.05) is 12.4 Å². The molecular formula is C32H35NO3. The van der Waals surface area contributed by atoms with Crippen molar-refractivity contribution in [1.29, 1.82) is 0 Å². The van der Waals surface area contributed by atoms with Crippen LogP contribution in [0.2, 0.25) is 0 Å². The molecule has 2 N–H and O–H groups in total. The topological polar surface area (TPSA) is 58.6 Å². The number of ether oxygens (including phenoxy) is 1. The molecule has 1 aliphatic carbocycles. The van der Waals surface area contributed by atoms with Gasteiger partial charge in [-0.25, -0.2) is 4.79 Å². The fraction of sp³-hybridized carbons (Fsp3) is 0.344. The maximum atomic E-state index is 12.8. The number of hydrogen-bond acceptors (Lipinski definition) is 4. The number of carbonyl (C=O) groups excluding carboxylic acids is 1. The van der Waals surface area contributed by atoms with Gasteiger partial charge in [0.05, 0.1) is 7.11 Å². The summed E-state index contributed by atoms with van der Waals surface area (Å²) in [4.78, 5) is 12.8. The zero-order valence-electron chi connectivity index (χ0n) is 21.7. The Morgan fingerprint density at radius 2 is 1.61 bits per heavy atom. The number of phenols is 1.